The van der Waals surface area contributed by atoms with Crippen molar-refractivity contribution in [3.8, 4) is 0 Å². The molecule has 0 aliphatic heterocycles. The van der Waals surface area contributed by atoms with E-state index in [1.54, 1.807) is 31.6 Å². The molecule has 1 aromatic heterocycles. The molecule has 0 fully saturated rings. The van der Waals surface area contributed by atoms with Crippen LogP contribution in [0.4, 0.5) is 0 Å². The fourth-order valence-corrected chi connectivity index (χ4v) is 2.54. The third-order valence-corrected chi connectivity index (χ3v) is 6.46. The smallest absolute Gasteiger partial charge is 0.157 e. The van der Waals surface area contributed by atoms with E-state index in [0.29, 0.717) is 6.54 Å². The summed E-state index contributed by atoms with van der Waals surface area (Å²) in [6.07, 6.45) is 2.71. The molecule has 1 unspecified atom stereocenters. The Morgan fingerprint density at radius 2 is 2.06 bits per heavy atom. The summed E-state index contributed by atoms with van der Waals surface area (Å²) in [5, 5.41) is 7.96. The molecule has 0 N–H and O–H groups in total. The van der Waals surface area contributed by atoms with Gasteiger partial charge in [-0.15, -0.1) is 5.10 Å². The number of alkyl halides is 1. The highest BCUT2D eigenvalue weighted by atomic mass is 79.9. The van der Waals surface area contributed by atoms with Crippen molar-refractivity contribution in [2.24, 2.45) is 0 Å². The van der Waals surface area contributed by atoms with E-state index in [9.17, 15) is 8.42 Å². The quantitative estimate of drug-likeness (QED) is 0.773. The van der Waals surface area contributed by atoms with E-state index in [2.05, 4.69) is 26.2 Å². The summed E-state index contributed by atoms with van der Waals surface area (Å²) in [5.74, 6) is 0.0817. The number of hydrogen-bond acceptors (Lipinski definition) is 4. The SMILES string of the molecule is CCC(Br)c1cn(CCS(=O)(=O)C(C)(C)C)nn1. The third kappa shape index (κ3) is 3.78. The highest BCUT2D eigenvalue weighted by Gasteiger charge is 2.28. The van der Waals surface area contributed by atoms with Crippen LogP contribution in [0.5, 0.6) is 0 Å². The molecule has 0 aromatic carbocycles. The molecule has 0 aliphatic rings. The van der Waals surface area contributed by atoms with E-state index in [1.165, 1.54) is 0 Å². The summed E-state index contributed by atoms with van der Waals surface area (Å²) >= 11 is 3.49. The molecule has 7 heteroatoms. The first-order valence-electron chi connectivity index (χ1n) is 5.94. The Morgan fingerprint density at radius 1 is 1.44 bits per heavy atom. The second-order valence-electron chi connectivity index (χ2n) is 5.21. The fraction of sp³-hybridized carbons (Fsp3) is 0.818. The minimum Gasteiger partial charge on any atom is -0.251 e. The predicted octanol–water partition coefficient (Wildman–Crippen LogP) is 2.34. The Balaban J connectivity index is 2.68. The molecule has 5 nitrogen and oxygen atoms in total. The normalized spacial score (nSPS) is 14.7. The van der Waals surface area contributed by atoms with Crippen LogP contribution in [-0.4, -0.2) is 33.9 Å². The molecule has 0 radical (unpaired) electrons. The van der Waals surface area contributed by atoms with Gasteiger partial charge in [-0.2, -0.15) is 0 Å². The maximum absolute atomic E-state index is 12.0. The monoisotopic (exact) mass is 337 g/mol. The van der Waals surface area contributed by atoms with Crippen molar-refractivity contribution in [1.82, 2.24) is 15.0 Å². The predicted molar refractivity (Wildman–Crippen MR) is 75.5 cm³/mol. The molecule has 18 heavy (non-hydrogen) atoms. The first-order valence-corrected chi connectivity index (χ1v) is 8.50. The van der Waals surface area contributed by atoms with Gasteiger partial charge in [0.2, 0.25) is 0 Å². The number of hydrogen-bond donors (Lipinski definition) is 0. The summed E-state index contributed by atoms with van der Waals surface area (Å²) in [6, 6.07) is 0. The van der Waals surface area contributed by atoms with E-state index in [0.717, 1.165) is 12.1 Å². The minimum absolute atomic E-state index is 0.0817. The van der Waals surface area contributed by atoms with Gasteiger partial charge in [-0.25, -0.2) is 8.42 Å². The first kappa shape index (κ1) is 15.6. The molecule has 1 rings (SSSR count). The van der Waals surface area contributed by atoms with Crippen LogP contribution in [0.25, 0.3) is 0 Å². The molecule has 0 aliphatic carbocycles. The molecule has 0 spiro atoms. The summed E-state index contributed by atoms with van der Waals surface area (Å²) in [6.45, 7) is 7.51. The molecule has 0 saturated carbocycles. The highest BCUT2D eigenvalue weighted by Crippen LogP contribution is 2.23. The Morgan fingerprint density at radius 3 is 2.56 bits per heavy atom. The van der Waals surface area contributed by atoms with Crippen LogP contribution in [0.2, 0.25) is 0 Å². The van der Waals surface area contributed by atoms with Gasteiger partial charge in [0.1, 0.15) is 0 Å². The van der Waals surface area contributed by atoms with Crippen molar-refractivity contribution in [3.05, 3.63) is 11.9 Å². The zero-order valence-electron chi connectivity index (χ0n) is 11.2. The molecule has 1 heterocycles. The summed E-state index contributed by atoms with van der Waals surface area (Å²) in [7, 11) is -3.11. The maximum Gasteiger partial charge on any atom is 0.157 e. The van der Waals surface area contributed by atoms with E-state index >= 15 is 0 Å². The summed E-state index contributed by atoms with van der Waals surface area (Å²) in [5.41, 5.74) is 0.839. The molecular weight excluding hydrogens is 318 g/mol. The van der Waals surface area contributed by atoms with Crippen LogP contribution < -0.4 is 0 Å². The van der Waals surface area contributed by atoms with Crippen molar-refractivity contribution in [1.29, 1.82) is 0 Å². The Hall–Kier alpha value is -0.430. The lowest BCUT2D eigenvalue weighted by molar-refractivity contribution is 0.545. The average molecular weight is 338 g/mol. The standard InChI is InChI=1S/C11H20BrN3O2S/c1-5-9(12)10-8-15(14-13-10)6-7-18(16,17)11(2,3)4/h8-9H,5-7H2,1-4H3. The molecule has 1 atom stereocenters. The van der Waals surface area contributed by atoms with Crippen LogP contribution in [-0.2, 0) is 16.4 Å². The van der Waals surface area contributed by atoms with Gasteiger partial charge in [0.25, 0.3) is 0 Å². The second kappa shape index (κ2) is 5.69. The van der Waals surface area contributed by atoms with Crippen molar-refractivity contribution in [2.75, 3.05) is 5.75 Å². The Labute approximate surface area is 117 Å². The van der Waals surface area contributed by atoms with Gasteiger partial charge in [0.15, 0.2) is 9.84 Å². The van der Waals surface area contributed by atoms with Crippen LogP contribution >= 0.6 is 15.9 Å². The second-order valence-corrected chi connectivity index (χ2v) is 9.18. The van der Waals surface area contributed by atoms with Gasteiger partial charge in [0.05, 0.1) is 27.6 Å². The van der Waals surface area contributed by atoms with Gasteiger partial charge in [-0.3, -0.25) is 4.68 Å². The zero-order valence-corrected chi connectivity index (χ0v) is 13.6. The molecule has 104 valence electrons. The summed E-state index contributed by atoms with van der Waals surface area (Å²) < 4.78 is 24.8. The number of aromatic nitrogens is 3. The highest BCUT2D eigenvalue weighted by molar-refractivity contribution is 9.09. The average Bonchev–Trinajstić information content (AvgIpc) is 2.72. The molecular formula is C11H20BrN3O2S. The number of rotatable bonds is 5. The maximum atomic E-state index is 12.0. The number of halogens is 1. The topological polar surface area (TPSA) is 64.8 Å². The van der Waals surface area contributed by atoms with Gasteiger partial charge in [0, 0.05) is 6.20 Å². The molecule has 0 bridgehead atoms. The van der Waals surface area contributed by atoms with Crippen molar-refractivity contribution >= 4 is 25.8 Å². The van der Waals surface area contributed by atoms with Crippen LogP contribution in [0.15, 0.2) is 6.20 Å². The lowest BCUT2D eigenvalue weighted by Gasteiger charge is -2.18. The zero-order chi connectivity index (χ0) is 14.0. The number of sulfone groups is 1. The Kier molecular flexibility index (Phi) is 4.94. The van der Waals surface area contributed by atoms with Gasteiger partial charge in [-0.05, 0) is 27.2 Å². The van der Waals surface area contributed by atoms with E-state index in [4.69, 9.17) is 0 Å². The molecule has 1 aromatic rings. The van der Waals surface area contributed by atoms with Gasteiger partial charge in [-0.1, -0.05) is 28.1 Å². The van der Waals surface area contributed by atoms with Crippen LogP contribution in [0.3, 0.4) is 0 Å². The van der Waals surface area contributed by atoms with Gasteiger partial charge < -0.3 is 0 Å². The molecule has 0 amide bonds. The Bertz CT molecular complexity index is 491. The van der Waals surface area contributed by atoms with Crippen molar-refractivity contribution < 1.29 is 8.42 Å². The minimum atomic E-state index is -3.11. The van der Waals surface area contributed by atoms with E-state index < -0.39 is 14.6 Å². The third-order valence-electron chi connectivity index (χ3n) is 2.76. The van der Waals surface area contributed by atoms with E-state index in [-0.39, 0.29) is 10.6 Å². The van der Waals surface area contributed by atoms with Crippen molar-refractivity contribution in [3.63, 3.8) is 0 Å². The number of nitrogens with zero attached hydrogens (tertiary/aromatic N) is 3. The van der Waals surface area contributed by atoms with Crippen LogP contribution in [0, 0.1) is 0 Å². The largest absolute Gasteiger partial charge is 0.251 e. The fourth-order valence-electron chi connectivity index (χ4n) is 1.30. The first-order chi connectivity index (χ1) is 8.17. The lowest BCUT2D eigenvalue weighted by atomic mass is 10.3. The molecule has 0 saturated heterocycles. The lowest BCUT2D eigenvalue weighted by Crippen LogP contribution is -2.32. The van der Waals surface area contributed by atoms with Gasteiger partial charge >= 0.3 is 0 Å². The summed E-state index contributed by atoms with van der Waals surface area (Å²) in [4.78, 5) is 0.172. The number of aryl methyl sites for hydroxylation is 1. The van der Waals surface area contributed by atoms with Crippen LogP contribution in [0.1, 0.15) is 44.6 Å². The van der Waals surface area contributed by atoms with Crippen molar-refractivity contribution in [2.45, 2.75) is 50.2 Å². The van der Waals surface area contributed by atoms with E-state index in [1.807, 2.05) is 6.92 Å².